The van der Waals surface area contributed by atoms with Crippen LogP contribution in [-0.2, 0) is 31.1 Å². The summed E-state index contributed by atoms with van der Waals surface area (Å²) in [6.45, 7) is 8.21. The molecule has 0 spiro atoms. The van der Waals surface area contributed by atoms with Gasteiger partial charge in [0.2, 0.25) is 0 Å². The van der Waals surface area contributed by atoms with Crippen molar-refractivity contribution in [2.45, 2.75) is 47.5 Å². The van der Waals surface area contributed by atoms with E-state index in [1.54, 1.807) is 50.4 Å². The number of nitrogens with one attached hydrogen (secondary N) is 2. The van der Waals surface area contributed by atoms with Crippen LogP contribution in [0.5, 0.6) is 0 Å². The molecule has 0 saturated heterocycles. The summed E-state index contributed by atoms with van der Waals surface area (Å²) in [5, 5.41) is 21.4. The SMILES string of the molecule is C/C(N=O)=C(\C)NO.C/C(N=O)=C(\C)NO.CCOC(=O)CC[C-]=O.[Co].c1ccncc1. The van der Waals surface area contributed by atoms with Crippen LogP contribution in [0, 0.1) is 9.81 Å². The Morgan fingerprint density at radius 3 is 1.59 bits per heavy atom. The van der Waals surface area contributed by atoms with E-state index in [9.17, 15) is 19.4 Å². The van der Waals surface area contributed by atoms with Gasteiger partial charge in [-0.05, 0) is 57.1 Å². The number of nitroso groups, excluding NO2 is 2. The molecule has 1 aromatic heterocycles. The summed E-state index contributed by atoms with van der Waals surface area (Å²) in [6.07, 6.45) is 5.39. The van der Waals surface area contributed by atoms with Gasteiger partial charge in [0.25, 0.3) is 0 Å². The number of pyridine rings is 1. The molecule has 0 unspecified atom stereocenters. The summed E-state index contributed by atoms with van der Waals surface area (Å²) in [5.74, 6) is -0.333. The summed E-state index contributed by atoms with van der Waals surface area (Å²) in [6, 6.07) is 5.72. The van der Waals surface area contributed by atoms with Gasteiger partial charge in [-0.2, -0.15) is 0 Å². The van der Waals surface area contributed by atoms with Crippen molar-refractivity contribution < 1.29 is 41.5 Å². The van der Waals surface area contributed by atoms with Gasteiger partial charge in [-0.1, -0.05) is 6.07 Å². The number of hydroxylamine groups is 2. The number of ether oxygens (including phenoxy) is 1. The van der Waals surface area contributed by atoms with Crippen LogP contribution in [-0.4, -0.2) is 34.3 Å². The fourth-order valence-corrected chi connectivity index (χ4v) is 0.998. The summed E-state index contributed by atoms with van der Waals surface area (Å²) >= 11 is 0. The molecule has 13 heteroatoms. The standard InChI is InChI=1S/C6H9O3.C5H5N.2C4H8N2O2.Co/c1-2-9-6(8)4-3-5-7;1-2-4-6-5-3-1;2*1-3(5-7)4(2)6-8;/h2-4H2,1H3;1-5H;2*5,7H,1-2H3;/q-1;;;;/b;;2*4-3-;. The molecule has 0 aliphatic carbocycles. The summed E-state index contributed by atoms with van der Waals surface area (Å²) < 4.78 is 4.53. The quantitative estimate of drug-likeness (QED) is 0.179. The van der Waals surface area contributed by atoms with E-state index in [-0.39, 0.29) is 47.0 Å². The molecule has 0 aromatic carbocycles. The van der Waals surface area contributed by atoms with Gasteiger partial charge in [-0.15, -0.1) is 16.2 Å². The first-order valence-corrected chi connectivity index (χ1v) is 8.92. The van der Waals surface area contributed by atoms with Gasteiger partial charge in [0.1, 0.15) is 11.4 Å². The van der Waals surface area contributed by atoms with Gasteiger partial charge in [0.05, 0.1) is 18.0 Å². The Bertz CT molecular complexity index is 629. The number of carbonyl (C=O) groups excluding carboxylic acids is 2. The van der Waals surface area contributed by atoms with Crippen LogP contribution >= 0.6 is 0 Å². The Labute approximate surface area is 197 Å². The second-order valence-electron chi connectivity index (χ2n) is 5.30. The molecule has 1 aromatic rings. The molecule has 12 nitrogen and oxygen atoms in total. The summed E-state index contributed by atoms with van der Waals surface area (Å²) in [4.78, 5) is 43.1. The van der Waals surface area contributed by atoms with Gasteiger partial charge >= 0.3 is 5.97 Å². The minimum atomic E-state index is -0.333. The van der Waals surface area contributed by atoms with Crippen molar-refractivity contribution in [2.24, 2.45) is 10.4 Å². The number of aromatic nitrogens is 1. The van der Waals surface area contributed by atoms with Crippen molar-refractivity contribution in [2.75, 3.05) is 6.61 Å². The molecule has 4 N–H and O–H groups in total. The minimum Gasteiger partial charge on any atom is -0.542 e. The average molecular weight is 499 g/mol. The van der Waals surface area contributed by atoms with E-state index >= 15 is 0 Å². The van der Waals surface area contributed by atoms with Gasteiger partial charge in [0.15, 0.2) is 0 Å². The zero-order valence-electron chi connectivity index (χ0n) is 18.6. The first kappa shape index (κ1) is 36.4. The second kappa shape index (κ2) is 28.0. The van der Waals surface area contributed by atoms with Crippen molar-refractivity contribution in [3.63, 3.8) is 0 Å². The monoisotopic (exact) mass is 499 g/mol. The Morgan fingerprint density at radius 1 is 0.969 bits per heavy atom. The van der Waals surface area contributed by atoms with Crippen LogP contribution in [0.4, 0.5) is 0 Å². The molecule has 1 rings (SSSR count). The molecule has 1 heterocycles. The minimum absolute atomic E-state index is 0. The molecule has 0 saturated carbocycles. The molecular formula is C19H30CoN5O7-. The van der Waals surface area contributed by atoms with Crippen molar-refractivity contribution >= 4 is 12.3 Å². The zero-order valence-corrected chi connectivity index (χ0v) is 19.7. The number of hydrogen-bond acceptors (Lipinski definition) is 12. The predicted molar refractivity (Wildman–Crippen MR) is 114 cm³/mol. The van der Waals surface area contributed by atoms with Gasteiger partial charge < -0.3 is 9.53 Å². The molecule has 0 fully saturated rings. The van der Waals surface area contributed by atoms with E-state index < -0.39 is 0 Å². The number of rotatable bonds is 8. The van der Waals surface area contributed by atoms with E-state index in [4.69, 9.17) is 10.4 Å². The average Bonchev–Trinajstić information content (AvgIpc) is 2.83. The van der Waals surface area contributed by atoms with Crippen molar-refractivity contribution in [3.05, 3.63) is 63.2 Å². The molecule has 0 amide bonds. The van der Waals surface area contributed by atoms with Gasteiger partial charge in [0, 0.05) is 35.6 Å². The molecule has 1 radical (unpaired) electrons. The Morgan fingerprint density at radius 2 is 1.41 bits per heavy atom. The van der Waals surface area contributed by atoms with Crippen molar-refractivity contribution in [1.29, 1.82) is 0 Å². The molecule has 0 aliphatic heterocycles. The predicted octanol–water partition coefficient (Wildman–Crippen LogP) is 3.48. The van der Waals surface area contributed by atoms with Crippen LogP contribution in [0.2, 0.25) is 0 Å². The largest absolute Gasteiger partial charge is 0.542 e. The first-order valence-electron chi connectivity index (χ1n) is 8.92. The van der Waals surface area contributed by atoms with Crippen LogP contribution < -0.4 is 11.0 Å². The van der Waals surface area contributed by atoms with Gasteiger partial charge in [-0.3, -0.25) is 37.4 Å². The molecular weight excluding hydrogens is 469 g/mol. The third kappa shape index (κ3) is 27.0. The van der Waals surface area contributed by atoms with Crippen molar-refractivity contribution in [3.8, 4) is 0 Å². The van der Waals surface area contributed by atoms with E-state index in [1.165, 1.54) is 13.8 Å². The normalized spacial score (nSPS) is 10.1. The molecule has 183 valence electrons. The summed E-state index contributed by atoms with van der Waals surface area (Å²) in [7, 11) is 0. The van der Waals surface area contributed by atoms with E-state index in [2.05, 4.69) is 20.1 Å². The third-order valence-corrected chi connectivity index (χ3v) is 3.00. The maximum Gasteiger partial charge on any atom is 0.303 e. The van der Waals surface area contributed by atoms with E-state index in [0.29, 0.717) is 18.0 Å². The molecule has 0 aliphatic rings. The van der Waals surface area contributed by atoms with Crippen LogP contribution in [0.3, 0.4) is 0 Å². The third-order valence-electron chi connectivity index (χ3n) is 3.00. The second-order valence-corrected chi connectivity index (χ2v) is 5.30. The maximum atomic E-state index is 10.4. The van der Waals surface area contributed by atoms with E-state index in [0.717, 1.165) is 0 Å². The van der Waals surface area contributed by atoms with Crippen molar-refractivity contribution in [1.82, 2.24) is 15.9 Å². The number of carbonyl (C=O) groups is 1. The molecule has 32 heavy (non-hydrogen) atoms. The Hall–Kier alpha value is -3.00. The topological polar surface area (TPSA) is 180 Å². The summed E-state index contributed by atoms with van der Waals surface area (Å²) in [5.41, 5.74) is 4.87. The molecule has 0 bridgehead atoms. The number of hydrogen-bond donors (Lipinski definition) is 4. The number of nitrogens with zero attached hydrogens (tertiary/aromatic N) is 3. The van der Waals surface area contributed by atoms with Crippen LogP contribution in [0.25, 0.3) is 0 Å². The zero-order chi connectivity index (χ0) is 24.5. The number of esters is 1. The van der Waals surface area contributed by atoms with Crippen LogP contribution in [0.15, 0.2) is 63.7 Å². The maximum absolute atomic E-state index is 10.4. The first-order chi connectivity index (χ1) is 14.7. The molecule has 0 atom stereocenters. The fourth-order valence-electron chi connectivity index (χ4n) is 0.998. The fraction of sp³-hybridized carbons (Fsp3) is 0.421. The van der Waals surface area contributed by atoms with E-state index in [1.807, 2.05) is 18.2 Å². The van der Waals surface area contributed by atoms with Gasteiger partial charge in [-0.25, -0.2) is 0 Å². The van der Waals surface area contributed by atoms with Crippen LogP contribution in [0.1, 0.15) is 47.5 Å². The number of allylic oxidation sites excluding steroid dienone is 4. The smallest absolute Gasteiger partial charge is 0.303 e. The Balaban J connectivity index is -0.000000163. The Kier molecular flexibility index (Phi) is 31.8.